The molecular formula is C26H22N4O4S. The number of amides is 1. The van der Waals surface area contributed by atoms with Gasteiger partial charge in [-0.2, -0.15) is 0 Å². The predicted molar refractivity (Wildman–Crippen MR) is 138 cm³/mol. The van der Waals surface area contributed by atoms with Gasteiger partial charge in [0, 0.05) is 16.6 Å². The molecule has 0 saturated carbocycles. The van der Waals surface area contributed by atoms with Gasteiger partial charge in [-0.3, -0.25) is 9.59 Å². The van der Waals surface area contributed by atoms with Crippen LogP contribution in [0.1, 0.15) is 0 Å². The lowest BCUT2D eigenvalue weighted by molar-refractivity contribution is -0.113. The Labute approximate surface area is 204 Å². The van der Waals surface area contributed by atoms with E-state index in [4.69, 9.17) is 14.5 Å². The topological polar surface area (TPSA) is 98.2 Å². The first-order valence-corrected chi connectivity index (χ1v) is 11.8. The van der Waals surface area contributed by atoms with Crippen molar-refractivity contribution >= 4 is 45.3 Å². The zero-order chi connectivity index (χ0) is 24.4. The van der Waals surface area contributed by atoms with E-state index in [-0.39, 0.29) is 17.2 Å². The van der Waals surface area contributed by atoms with E-state index in [1.807, 2.05) is 36.4 Å². The van der Waals surface area contributed by atoms with Gasteiger partial charge >= 0.3 is 0 Å². The SMILES string of the molecule is COc1ccc(NC(=O)CSc2nc3c([nH]c4ccccc43)c(=O)n2-c2ccccc2OC)cc1. The molecule has 9 heteroatoms. The van der Waals surface area contributed by atoms with Crippen molar-refractivity contribution in [1.29, 1.82) is 0 Å². The number of aromatic amines is 1. The number of H-pyrrole nitrogens is 1. The third-order valence-corrected chi connectivity index (χ3v) is 6.47. The number of hydrogen-bond donors (Lipinski definition) is 2. The number of thioether (sulfide) groups is 1. The number of aromatic nitrogens is 3. The fourth-order valence-electron chi connectivity index (χ4n) is 3.87. The minimum Gasteiger partial charge on any atom is -0.497 e. The van der Waals surface area contributed by atoms with Crippen LogP contribution < -0.4 is 20.3 Å². The van der Waals surface area contributed by atoms with Crippen LogP contribution in [0.5, 0.6) is 11.5 Å². The van der Waals surface area contributed by atoms with E-state index in [1.165, 1.54) is 16.3 Å². The molecule has 0 spiro atoms. The van der Waals surface area contributed by atoms with Crippen LogP contribution in [-0.4, -0.2) is 40.4 Å². The van der Waals surface area contributed by atoms with Gasteiger partial charge in [0.2, 0.25) is 5.91 Å². The molecule has 1 amide bonds. The fourth-order valence-corrected chi connectivity index (χ4v) is 4.67. The van der Waals surface area contributed by atoms with E-state index < -0.39 is 0 Å². The molecule has 0 saturated heterocycles. The highest BCUT2D eigenvalue weighted by molar-refractivity contribution is 7.99. The molecule has 176 valence electrons. The number of methoxy groups -OCH3 is 2. The van der Waals surface area contributed by atoms with Crippen molar-refractivity contribution < 1.29 is 14.3 Å². The normalized spacial score (nSPS) is 11.0. The molecule has 0 radical (unpaired) electrons. The second-order valence-corrected chi connectivity index (χ2v) is 8.61. The van der Waals surface area contributed by atoms with Gasteiger partial charge in [0.25, 0.3) is 5.56 Å². The number of benzene rings is 3. The molecule has 0 bridgehead atoms. The van der Waals surface area contributed by atoms with Crippen molar-refractivity contribution in [3.05, 3.63) is 83.2 Å². The Kier molecular flexibility index (Phi) is 6.15. The van der Waals surface area contributed by atoms with E-state index >= 15 is 0 Å². The standard InChI is InChI=1S/C26H22N4O4S/c1-33-17-13-11-16(12-14-17)27-22(31)15-35-26-29-23-18-7-3-4-8-19(18)28-24(23)25(32)30(26)20-9-5-6-10-21(20)34-2/h3-14,28H,15H2,1-2H3,(H,27,31). The smallest absolute Gasteiger partial charge is 0.283 e. The summed E-state index contributed by atoms with van der Waals surface area (Å²) in [6.07, 6.45) is 0. The van der Waals surface area contributed by atoms with Crippen molar-refractivity contribution in [3.63, 3.8) is 0 Å². The quantitative estimate of drug-likeness (QED) is 0.257. The number of nitrogens with one attached hydrogen (secondary N) is 2. The number of fused-ring (bicyclic) bond motifs is 3. The molecule has 0 aliphatic carbocycles. The molecule has 0 fully saturated rings. The fraction of sp³-hybridized carbons (Fsp3) is 0.115. The van der Waals surface area contributed by atoms with Gasteiger partial charge in [-0.1, -0.05) is 42.1 Å². The van der Waals surface area contributed by atoms with Gasteiger partial charge in [-0.25, -0.2) is 9.55 Å². The molecule has 0 atom stereocenters. The Hall–Kier alpha value is -4.24. The number of rotatable bonds is 7. The van der Waals surface area contributed by atoms with E-state index in [1.54, 1.807) is 50.6 Å². The number of nitrogens with zero attached hydrogens (tertiary/aromatic N) is 2. The Balaban J connectivity index is 1.55. The molecule has 5 aromatic rings. The lowest BCUT2D eigenvalue weighted by atomic mass is 10.2. The number of hydrogen-bond acceptors (Lipinski definition) is 6. The molecule has 0 aliphatic rings. The summed E-state index contributed by atoms with van der Waals surface area (Å²) in [5, 5.41) is 4.09. The van der Waals surface area contributed by atoms with Crippen molar-refractivity contribution in [1.82, 2.24) is 14.5 Å². The summed E-state index contributed by atoms with van der Waals surface area (Å²) in [5.41, 5.74) is 2.70. The predicted octanol–water partition coefficient (Wildman–Crippen LogP) is 4.62. The highest BCUT2D eigenvalue weighted by Crippen LogP contribution is 2.29. The van der Waals surface area contributed by atoms with Crippen LogP contribution in [0, 0.1) is 0 Å². The monoisotopic (exact) mass is 486 g/mol. The van der Waals surface area contributed by atoms with Crippen LogP contribution in [0.4, 0.5) is 5.69 Å². The Bertz CT molecular complexity index is 1590. The van der Waals surface area contributed by atoms with Gasteiger partial charge in [-0.05, 0) is 42.5 Å². The molecule has 3 aromatic carbocycles. The van der Waals surface area contributed by atoms with Crippen LogP contribution in [0.15, 0.2) is 82.7 Å². The number of para-hydroxylation sites is 3. The molecule has 5 rings (SSSR count). The Morgan fingerprint density at radius 2 is 1.74 bits per heavy atom. The van der Waals surface area contributed by atoms with Crippen molar-refractivity contribution in [2.75, 3.05) is 25.3 Å². The third kappa shape index (κ3) is 4.33. The third-order valence-electron chi connectivity index (χ3n) is 5.53. The van der Waals surface area contributed by atoms with Crippen LogP contribution in [0.25, 0.3) is 27.6 Å². The molecule has 8 nitrogen and oxygen atoms in total. The van der Waals surface area contributed by atoms with Crippen LogP contribution >= 0.6 is 11.8 Å². The molecule has 2 aromatic heterocycles. The lowest BCUT2D eigenvalue weighted by Gasteiger charge is -2.15. The summed E-state index contributed by atoms with van der Waals surface area (Å²) in [6, 6.07) is 21.9. The largest absolute Gasteiger partial charge is 0.497 e. The number of carbonyl (C=O) groups excluding carboxylic acids is 1. The maximum Gasteiger partial charge on any atom is 0.283 e. The summed E-state index contributed by atoms with van der Waals surface area (Å²) >= 11 is 1.18. The van der Waals surface area contributed by atoms with E-state index in [0.29, 0.717) is 39.1 Å². The zero-order valence-corrected chi connectivity index (χ0v) is 19.9. The summed E-state index contributed by atoms with van der Waals surface area (Å²) in [6.45, 7) is 0. The van der Waals surface area contributed by atoms with Crippen molar-refractivity contribution in [2.24, 2.45) is 0 Å². The molecule has 35 heavy (non-hydrogen) atoms. The highest BCUT2D eigenvalue weighted by Gasteiger charge is 2.20. The van der Waals surface area contributed by atoms with Crippen LogP contribution in [0.2, 0.25) is 0 Å². The molecular weight excluding hydrogens is 464 g/mol. The summed E-state index contributed by atoms with van der Waals surface area (Å²) in [7, 11) is 3.14. The number of anilines is 1. The van der Waals surface area contributed by atoms with E-state index in [0.717, 1.165) is 10.9 Å². The molecule has 2 N–H and O–H groups in total. The second-order valence-electron chi connectivity index (χ2n) is 7.67. The lowest BCUT2D eigenvalue weighted by Crippen LogP contribution is -2.23. The maximum absolute atomic E-state index is 13.7. The van der Waals surface area contributed by atoms with Gasteiger partial charge in [0.05, 0.1) is 25.7 Å². The average molecular weight is 487 g/mol. The summed E-state index contributed by atoms with van der Waals surface area (Å²) < 4.78 is 12.1. The van der Waals surface area contributed by atoms with Crippen molar-refractivity contribution in [2.45, 2.75) is 5.16 Å². The van der Waals surface area contributed by atoms with Gasteiger partial charge in [-0.15, -0.1) is 0 Å². The van der Waals surface area contributed by atoms with Crippen molar-refractivity contribution in [3.8, 4) is 17.2 Å². The second kappa shape index (κ2) is 9.55. The van der Waals surface area contributed by atoms with Gasteiger partial charge < -0.3 is 19.8 Å². The zero-order valence-electron chi connectivity index (χ0n) is 19.1. The highest BCUT2D eigenvalue weighted by atomic mass is 32.2. The first-order chi connectivity index (χ1) is 17.1. The minimum absolute atomic E-state index is 0.0570. The maximum atomic E-state index is 13.7. The summed E-state index contributed by atoms with van der Waals surface area (Å²) in [5.74, 6) is 1.06. The first-order valence-electron chi connectivity index (χ1n) is 10.8. The Morgan fingerprint density at radius 3 is 2.51 bits per heavy atom. The number of carbonyl (C=O) groups is 1. The average Bonchev–Trinajstić information content (AvgIpc) is 3.27. The molecule has 0 unspecified atom stereocenters. The summed E-state index contributed by atoms with van der Waals surface area (Å²) in [4.78, 5) is 34.4. The Morgan fingerprint density at radius 1 is 1.00 bits per heavy atom. The van der Waals surface area contributed by atoms with Gasteiger partial charge in [0.15, 0.2) is 5.16 Å². The molecule has 0 aliphatic heterocycles. The van der Waals surface area contributed by atoms with E-state index in [9.17, 15) is 9.59 Å². The van der Waals surface area contributed by atoms with E-state index in [2.05, 4.69) is 10.3 Å². The van der Waals surface area contributed by atoms with Crippen LogP contribution in [-0.2, 0) is 4.79 Å². The number of ether oxygens (including phenoxy) is 2. The van der Waals surface area contributed by atoms with Gasteiger partial charge in [0.1, 0.15) is 22.5 Å². The first kappa shape index (κ1) is 22.5. The van der Waals surface area contributed by atoms with Crippen LogP contribution in [0.3, 0.4) is 0 Å². The minimum atomic E-state index is -0.270. The molecule has 2 heterocycles.